The van der Waals surface area contributed by atoms with E-state index in [0.29, 0.717) is 13.1 Å². The molecule has 5 nitrogen and oxygen atoms in total. The quantitative estimate of drug-likeness (QED) is 0.734. The SMILES string of the molecule is C[C@@H]1CN(C(=O)CCC(=O)OC(C)(C)C)C[C@H](C)O1. The Bertz CT molecular complexity index is 325. The molecule has 1 heterocycles. The van der Waals surface area contributed by atoms with Crippen molar-refractivity contribution in [3.63, 3.8) is 0 Å². The first-order valence-corrected chi connectivity index (χ1v) is 6.82. The highest BCUT2D eigenvalue weighted by atomic mass is 16.6. The fraction of sp³-hybridized carbons (Fsp3) is 0.857. The molecule has 0 radical (unpaired) electrons. The Kier molecular flexibility index (Phi) is 5.35. The average Bonchev–Trinajstić information content (AvgIpc) is 2.22. The molecular weight excluding hydrogens is 246 g/mol. The van der Waals surface area contributed by atoms with Gasteiger partial charge in [-0.15, -0.1) is 0 Å². The summed E-state index contributed by atoms with van der Waals surface area (Å²) < 4.78 is 10.8. The fourth-order valence-corrected chi connectivity index (χ4v) is 2.14. The highest BCUT2D eigenvalue weighted by molar-refractivity contribution is 5.81. The predicted octanol–water partition coefficient (Wildman–Crippen LogP) is 1.74. The standard InChI is InChI=1S/C14H25NO4/c1-10-8-15(9-11(2)18-10)12(16)6-7-13(17)19-14(3,4)5/h10-11H,6-9H2,1-5H3/t10-,11+. The number of hydrogen-bond donors (Lipinski definition) is 0. The normalized spacial score (nSPS) is 24.2. The van der Waals surface area contributed by atoms with Crippen LogP contribution in [0.3, 0.4) is 0 Å². The van der Waals surface area contributed by atoms with E-state index in [2.05, 4.69) is 0 Å². The molecule has 0 aromatic carbocycles. The van der Waals surface area contributed by atoms with Crippen molar-refractivity contribution < 1.29 is 19.1 Å². The van der Waals surface area contributed by atoms with Crippen LogP contribution in [0, 0.1) is 0 Å². The van der Waals surface area contributed by atoms with E-state index in [0.717, 1.165) is 0 Å². The van der Waals surface area contributed by atoms with Gasteiger partial charge in [0.15, 0.2) is 0 Å². The van der Waals surface area contributed by atoms with Crippen LogP contribution < -0.4 is 0 Å². The molecule has 1 fully saturated rings. The maximum Gasteiger partial charge on any atom is 0.306 e. The van der Waals surface area contributed by atoms with Gasteiger partial charge in [-0.25, -0.2) is 0 Å². The van der Waals surface area contributed by atoms with Crippen LogP contribution in [0.15, 0.2) is 0 Å². The van der Waals surface area contributed by atoms with Crippen molar-refractivity contribution in [1.29, 1.82) is 0 Å². The Morgan fingerprint density at radius 3 is 2.16 bits per heavy atom. The first-order chi connectivity index (χ1) is 8.67. The Morgan fingerprint density at radius 2 is 1.68 bits per heavy atom. The van der Waals surface area contributed by atoms with Gasteiger partial charge in [-0.2, -0.15) is 0 Å². The van der Waals surface area contributed by atoms with Gasteiger partial charge in [-0.05, 0) is 34.6 Å². The minimum Gasteiger partial charge on any atom is -0.460 e. The van der Waals surface area contributed by atoms with Crippen LogP contribution in [0.4, 0.5) is 0 Å². The second-order valence-corrected chi connectivity index (χ2v) is 6.14. The summed E-state index contributed by atoms with van der Waals surface area (Å²) in [7, 11) is 0. The Hall–Kier alpha value is -1.10. The van der Waals surface area contributed by atoms with Gasteiger partial charge < -0.3 is 14.4 Å². The molecule has 0 unspecified atom stereocenters. The minimum absolute atomic E-state index is 0.00661. The maximum atomic E-state index is 12.0. The summed E-state index contributed by atoms with van der Waals surface area (Å²) in [5.74, 6) is -0.330. The minimum atomic E-state index is -0.498. The average molecular weight is 271 g/mol. The van der Waals surface area contributed by atoms with Crippen LogP contribution in [0.1, 0.15) is 47.5 Å². The van der Waals surface area contributed by atoms with E-state index in [4.69, 9.17) is 9.47 Å². The molecule has 0 aliphatic carbocycles. The summed E-state index contributed by atoms with van der Waals surface area (Å²) in [6.07, 6.45) is 0.438. The molecule has 0 bridgehead atoms. The lowest BCUT2D eigenvalue weighted by atomic mass is 10.2. The van der Waals surface area contributed by atoms with Crippen LogP contribution in [-0.4, -0.2) is 47.7 Å². The fourth-order valence-electron chi connectivity index (χ4n) is 2.14. The number of amides is 1. The molecule has 19 heavy (non-hydrogen) atoms. The number of carbonyl (C=O) groups excluding carboxylic acids is 2. The van der Waals surface area contributed by atoms with Gasteiger partial charge in [0.05, 0.1) is 18.6 Å². The van der Waals surface area contributed by atoms with E-state index in [1.807, 2.05) is 34.6 Å². The lowest BCUT2D eigenvalue weighted by molar-refractivity contribution is -0.157. The number of ether oxygens (including phenoxy) is 2. The number of esters is 1. The van der Waals surface area contributed by atoms with Gasteiger partial charge in [0.25, 0.3) is 0 Å². The summed E-state index contributed by atoms with van der Waals surface area (Å²) in [5.41, 5.74) is -0.498. The van der Waals surface area contributed by atoms with Crippen LogP contribution in [-0.2, 0) is 19.1 Å². The summed E-state index contributed by atoms with van der Waals surface area (Å²) in [6, 6.07) is 0. The Balaban J connectivity index is 2.37. The van der Waals surface area contributed by atoms with Crippen molar-refractivity contribution >= 4 is 11.9 Å². The first-order valence-electron chi connectivity index (χ1n) is 6.82. The van der Waals surface area contributed by atoms with E-state index in [1.54, 1.807) is 4.90 Å². The van der Waals surface area contributed by atoms with Gasteiger partial charge in [-0.3, -0.25) is 9.59 Å². The lowest BCUT2D eigenvalue weighted by Gasteiger charge is -2.35. The number of morpholine rings is 1. The third kappa shape index (κ3) is 6.05. The molecule has 2 atom stereocenters. The molecule has 0 aromatic heterocycles. The van der Waals surface area contributed by atoms with Crippen molar-refractivity contribution in [1.82, 2.24) is 4.90 Å². The third-order valence-corrected chi connectivity index (χ3v) is 2.74. The Labute approximate surface area is 115 Å². The van der Waals surface area contributed by atoms with Gasteiger partial charge >= 0.3 is 5.97 Å². The van der Waals surface area contributed by atoms with Crippen LogP contribution in [0.25, 0.3) is 0 Å². The molecule has 1 aliphatic rings. The van der Waals surface area contributed by atoms with E-state index < -0.39 is 5.60 Å². The van der Waals surface area contributed by atoms with Crippen LogP contribution >= 0.6 is 0 Å². The topological polar surface area (TPSA) is 55.8 Å². The highest BCUT2D eigenvalue weighted by Gasteiger charge is 2.26. The zero-order valence-electron chi connectivity index (χ0n) is 12.6. The van der Waals surface area contributed by atoms with Crippen molar-refractivity contribution in [2.45, 2.75) is 65.3 Å². The predicted molar refractivity (Wildman–Crippen MR) is 71.7 cm³/mol. The zero-order chi connectivity index (χ0) is 14.6. The van der Waals surface area contributed by atoms with Gasteiger partial charge in [0.2, 0.25) is 5.91 Å². The van der Waals surface area contributed by atoms with Gasteiger partial charge in [0.1, 0.15) is 5.60 Å². The number of rotatable bonds is 3. The van der Waals surface area contributed by atoms with Crippen molar-refractivity contribution in [3.8, 4) is 0 Å². The van der Waals surface area contributed by atoms with Crippen LogP contribution in [0.5, 0.6) is 0 Å². The van der Waals surface area contributed by atoms with Crippen molar-refractivity contribution in [2.24, 2.45) is 0 Å². The van der Waals surface area contributed by atoms with Crippen molar-refractivity contribution in [3.05, 3.63) is 0 Å². The molecule has 1 saturated heterocycles. The number of nitrogens with zero attached hydrogens (tertiary/aromatic N) is 1. The molecule has 0 spiro atoms. The summed E-state index contributed by atoms with van der Waals surface area (Å²) >= 11 is 0. The third-order valence-electron chi connectivity index (χ3n) is 2.74. The van der Waals surface area contributed by atoms with E-state index in [-0.39, 0.29) is 36.9 Å². The van der Waals surface area contributed by atoms with E-state index >= 15 is 0 Å². The Morgan fingerprint density at radius 1 is 1.16 bits per heavy atom. The molecule has 1 rings (SSSR count). The molecule has 1 aliphatic heterocycles. The van der Waals surface area contributed by atoms with Gasteiger partial charge in [0, 0.05) is 19.5 Å². The van der Waals surface area contributed by atoms with E-state index in [9.17, 15) is 9.59 Å². The van der Waals surface area contributed by atoms with E-state index in [1.165, 1.54) is 0 Å². The lowest BCUT2D eigenvalue weighted by Crippen LogP contribution is -2.48. The second-order valence-electron chi connectivity index (χ2n) is 6.14. The highest BCUT2D eigenvalue weighted by Crippen LogP contribution is 2.14. The molecule has 0 saturated carbocycles. The molecular formula is C14H25NO4. The van der Waals surface area contributed by atoms with Crippen LogP contribution in [0.2, 0.25) is 0 Å². The smallest absolute Gasteiger partial charge is 0.306 e. The molecule has 1 amide bonds. The molecule has 5 heteroatoms. The molecule has 110 valence electrons. The monoisotopic (exact) mass is 271 g/mol. The summed E-state index contributed by atoms with van der Waals surface area (Å²) in [5, 5.41) is 0. The maximum absolute atomic E-state index is 12.0. The zero-order valence-corrected chi connectivity index (χ0v) is 12.6. The second kappa shape index (κ2) is 6.37. The first kappa shape index (κ1) is 16.0. The number of hydrogen-bond acceptors (Lipinski definition) is 4. The summed E-state index contributed by atoms with van der Waals surface area (Å²) in [4.78, 5) is 25.3. The van der Waals surface area contributed by atoms with Gasteiger partial charge in [-0.1, -0.05) is 0 Å². The molecule has 0 aromatic rings. The van der Waals surface area contributed by atoms with Crippen molar-refractivity contribution in [2.75, 3.05) is 13.1 Å². The molecule has 0 N–H and O–H groups in total. The summed E-state index contributed by atoms with van der Waals surface area (Å²) in [6.45, 7) is 10.5. The number of carbonyl (C=O) groups is 2. The largest absolute Gasteiger partial charge is 0.460 e.